The van der Waals surface area contributed by atoms with Crippen LogP contribution in [0.1, 0.15) is 112 Å². The average molecular weight is 669 g/mol. The Hall–Kier alpha value is 0.562. The Morgan fingerprint density at radius 1 is 0.656 bits per heavy atom. The van der Waals surface area contributed by atoms with Crippen LogP contribution in [0.15, 0.2) is 9.98 Å². The summed E-state index contributed by atoms with van der Waals surface area (Å²) in [7, 11) is 0. The molecule has 0 aromatic heterocycles. The minimum absolute atomic E-state index is 0. The van der Waals surface area contributed by atoms with E-state index < -0.39 is 0 Å². The van der Waals surface area contributed by atoms with Crippen molar-refractivity contribution >= 4 is 11.8 Å². The summed E-state index contributed by atoms with van der Waals surface area (Å²) in [6.45, 7) is 13.8. The van der Waals surface area contributed by atoms with Gasteiger partial charge in [0.15, 0.2) is 11.8 Å². The van der Waals surface area contributed by atoms with Crippen molar-refractivity contribution in [3.8, 4) is 0 Å². The van der Waals surface area contributed by atoms with E-state index in [1.807, 2.05) is 0 Å². The van der Waals surface area contributed by atoms with Crippen LogP contribution in [0.5, 0.6) is 0 Å². The maximum absolute atomic E-state index is 6.68. The van der Waals surface area contributed by atoms with Gasteiger partial charge < -0.3 is 43.4 Å². The third kappa shape index (κ3) is 6.03. The van der Waals surface area contributed by atoms with Gasteiger partial charge in [0.25, 0.3) is 0 Å². The van der Waals surface area contributed by atoms with Crippen LogP contribution < -0.4 is 34.0 Å². The Bertz CT molecular complexity index is 627. The van der Waals surface area contributed by atoms with E-state index in [4.69, 9.17) is 19.5 Å². The van der Waals surface area contributed by atoms with Gasteiger partial charge in [0.05, 0.1) is 18.5 Å². The zero-order valence-electron chi connectivity index (χ0n) is 20.7. The van der Waals surface area contributed by atoms with Gasteiger partial charge >= 0.3 is 20.4 Å². The SMILES string of the molecule is CC(C)(C)[C@H]1N=C(CC2=N[C@H](C(C)(C)C)C3(CCCCC3)O2)OC12CCCCC2.[Br-].[Br-].[Pd+2]. The first kappa shape index (κ1) is 30.6. The Morgan fingerprint density at radius 3 is 1.25 bits per heavy atom. The summed E-state index contributed by atoms with van der Waals surface area (Å²) < 4.78 is 13.4. The molecule has 2 heterocycles. The fraction of sp³-hybridized carbons (Fsp3) is 0.920. The Kier molecular flexibility index (Phi) is 10.6. The van der Waals surface area contributed by atoms with Gasteiger partial charge in [0.1, 0.15) is 11.2 Å². The van der Waals surface area contributed by atoms with Crippen molar-refractivity contribution in [1.82, 2.24) is 0 Å². The first-order chi connectivity index (χ1) is 13.5. The monoisotopic (exact) mass is 666 g/mol. The summed E-state index contributed by atoms with van der Waals surface area (Å²) in [5.74, 6) is 1.73. The molecular weight excluding hydrogens is 627 g/mol. The Balaban J connectivity index is 0.00000171. The first-order valence-corrected chi connectivity index (χ1v) is 12.1. The number of hydrogen-bond acceptors (Lipinski definition) is 4. The molecular formula is C25H42Br2N2O2Pd. The van der Waals surface area contributed by atoms with E-state index in [0.717, 1.165) is 37.5 Å². The summed E-state index contributed by atoms with van der Waals surface area (Å²) >= 11 is 0. The molecule has 0 saturated heterocycles. The van der Waals surface area contributed by atoms with E-state index in [1.165, 1.54) is 38.5 Å². The van der Waals surface area contributed by atoms with E-state index in [2.05, 4.69) is 41.5 Å². The summed E-state index contributed by atoms with van der Waals surface area (Å²) in [5.41, 5.74) is 0.0137. The fourth-order valence-corrected chi connectivity index (χ4v) is 6.47. The zero-order valence-corrected chi connectivity index (χ0v) is 25.4. The second kappa shape index (κ2) is 11.1. The van der Waals surface area contributed by atoms with Crippen molar-refractivity contribution in [2.75, 3.05) is 0 Å². The molecule has 2 aliphatic heterocycles. The first-order valence-electron chi connectivity index (χ1n) is 12.1. The second-order valence-corrected chi connectivity index (χ2v) is 12.2. The summed E-state index contributed by atoms with van der Waals surface area (Å²) in [6, 6.07) is 0.462. The molecule has 0 aromatic rings. The zero-order chi connectivity index (χ0) is 20.9. The molecule has 2 spiro atoms. The molecule has 4 rings (SSSR count). The summed E-state index contributed by atoms with van der Waals surface area (Å²) in [4.78, 5) is 10.3. The average Bonchev–Trinajstić information content (AvgIpc) is 3.15. The topological polar surface area (TPSA) is 43.2 Å². The minimum atomic E-state index is -0.100. The summed E-state index contributed by atoms with van der Waals surface area (Å²) in [5, 5.41) is 0. The van der Waals surface area contributed by atoms with E-state index >= 15 is 0 Å². The Labute approximate surface area is 230 Å². The maximum atomic E-state index is 6.68. The third-order valence-electron chi connectivity index (χ3n) is 7.53. The van der Waals surface area contributed by atoms with Crippen LogP contribution in [0.4, 0.5) is 0 Å². The number of aliphatic imine (C=N–C) groups is 2. The van der Waals surface area contributed by atoms with Gasteiger partial charge in [-0.25, -0.2) is 9.98 Å². The summed E-state index contributed by atoms with van der Waals surface area (Å²) in [6.07, 6.45) is 12.8. The van der Waals surface area contributed by atoms with Crippen LogP contribution >= 0.6 is 0 Å². The van der Waals surface area contributed by atoms with Crippen LogP contribution in [-0.2, 0) is 29.9 Å². The molecule has 4 aliphatic rings. The molecule has 2 aliphatic carbocycles. The van der Waals surface area contributed by atoms with Gasteiger partial charge in [-0.2, -0.15) is 0 Å². The van der Waals surface area contributed by atoms with Crippen molar-refractivity contribution in [1.29, 1.82) is 0 Å². The van der Waals surface area contributed by atoms with Gasteiger partial charge in [-0.3, -0.25) is 0 Å². The molecule has 0 N–H and O–H groups in total. The van der Waals surface area contributed by atoms with E-state index in [9.17, 15) is 0 Å². The van der Waals surface area contributed by atoms with Crippen molar-refractivity contribution in [2.45, 2.75) is 135 Å². The maximum Gasteiger partial charge on any atom is 2.00 e. The minimum Gasteiger partial charge on any atom is -1.00 e. The molecule has 32 heavy (non-hydrogen) atoms. The predicted octanol–water partition coefficient (Wildman–Crippen LogP) is 0.475. The van der Waals surface area contributed by atoms with Crippen molar-refractivity contribution in [3.05, 3.63) is 0 Å². The second-order valence-electron chi connectivity index (χ2n) is 12.2. The normalized spacial score (nSPS) is 28.4. The molecule has 2 saturated carbocycles. The van der Waals surface area contributed by atoms with Crippen LogP contribution in [0, 0.1) is 10.8 Å². The standard InChI is InChI=1S/C25H42N2O2.2BrH.Pd/c1-22(2,3)20-24(13-9-7-10-14-24)28-18(26-20)17-19-27-21(23(4,5)6)25(29-19)15-11-8-12-16-25;;;/h20-21H,7-17H2,1-6H3;2*1H;/q;;;+2/p-2/t20-,21-;;;/m1.../s1. The number of nitrogens with zero attached hydrogens (tertiary/aromatic N) is 2. The van der Waals surface area contributed by atoms with Crippen LogP contribution in [-0.4, -0.2) is 35.1 Å². The van der Waals surface area contributed by atoms with Crippen LogP contribution in [0.3, 0.4) is 0 Å². The smallest absolute Gasteiger partial charge is 1.00 e. The van der Waals surface area contributed by atoms with Crippen LogP contribution in [0.2, 0.25) is 0 Å². The quantitative estimate of drug-likeness (QED) is 0.402. The molecule has 4 nitrogen and oxygen atoms in total. The van der Waals surface area contributed by atoms with Gasteiger partial charge in [-0.05, 0) is 62.2 Å². The van der Waals surface area contributed by atoms with E-state index in [-0.39, 0.29) is 88.5 Å². The molecule has 2 atom stereocenters. The molecule has 0 aromatic carbocycles. The van der Waals surface area contributed by atoms with E-state index in [1.54, 1.807) is 0 Å². The van der Waals surface area contributed by atoms with E-state index in [0.29, 0.717) is 6.42 Å². The largest absolute Gasteiger partial charge is 2.00 e. The molecule has 0 bridgehead atoms. The molecule has 188 valence electrons. The van der Waals surface area contributed by atoms with Gasteiger partial charge in [0.2, 0.25) is 0 Å². The molecule has 0 radical (unpaired) electrons. The fourth-order valence-electron chi connectivity index (χ4n) is 6.47. The van der Waals surface area contributed by atoms with Gasteiger partial charge in [-0.15, -0.1) is 0 Å². The van der Waals surface area contributed by atoms with Crippen molar-refractivity contribution in [2.24, 2.45) is 20.8 Å². The molecule has 7 heteroatoms. The van der Waals surface area contributed by atoms with Gasteiger partial charge in [0, 0.05) is 0 Å². The molecule has 0 unspecified atom stereocenters. The molecule has 0 amide bonds. The third-order valence-corrected chi connectivity index (χ3v) is 7.53. The van der Waals surface area contributed by atoms with Gasteiger partial charge in [-0.1, -0.05) is 54.4 Å². The number of ether oxygens (including phenoxy) is 2. The van der Waals surface area contributed by atoms with Crippen molar-refractivity contribution < 1.29 is 63.9 Å². The number of hydrogen-bond donors (Lipinski definition) is 0. The number of halogens is 2. The van der Waals surface area contributed by atoms with Crippen LogP contribution in [0.25, 0.3) is 0 Å². The molecule has 2 fully saturated rings. The predicted molar refractivity (Wildman–Crippen MR) is 120 cm³/mol. The Morgan fingerprint density at radius 2 is 0.969 bits per heavy atom. The number of rotatable bonds is 2. The van der Waals surface area contributed by atoms with Crippen molar-refractivity contribution in [3.63, 3.8) is 0 Å².